The van der Waals surface area contributed by atoms with Crippen molar-refractivity contribution in [3.8, 4) is 0 Å². The van der Waals surface area contributed by atoms with Crippen molar-refractivity contribution in [2.45, 2.75) is 6.42 Å². The predicted molar refractivity (Wildman–Crippen MR) is 62.6 cm³/mol. The number of halogens is 1. The summed E-state index contributed by atoms with van der Waals surface area (Å²) in [5.74, 6) is 0. The van der Waals surface area contributed by atoms with Crippen LogP contribution in [0.15, 0.2) is 36.7 Å². The Morgan fingerprint density at radius 1 is 1.43 bits per heavy atom. The highest BCUT2D eigenvalue weighted by Crippen LogP contribution is 2.08. The van der Waals surface area contributed by atoms with Crippen LogP contribution in [0, 0.1) is 0 Å². The molecule has 0 aliphatic carbocycles. The number of alkyl halides is 1. The van der Waals surface area contributed by atoms with Crippen LogP contribution >= 0.6 is 15.9 Å². The molecule has 3 heteroatoms. The van der Waals surface area contributed by atoms with Crippen LogP contribution in [0.2, 0.25) is 0 Å². The van der Waals surface area contributed by atoms with Crippen molar-refractivity contribution < 1.29 is 0 Å². The molecule has 14 heavy (non-hydrogen) atoms. The maximum absolute atomic E-state index is 4.30. The maximum Gasteiger partial charge on any atom is 0.137 e. The molecular weight excluding hydrogens is 240 g/mol. The summed E-state index contributed by atoms with van der Waals surface area (Å²) >= 11 is 3.39. The highest BCUT2D eigenvalue weighted by atomic mass is 79.9. The van der Waals surface area contributed by atoms with Crippen LogP contribution in [0.3, 0.4) is 0 Å². The van der Waals surface area contributed by atoms with E-state index in [2.05, 4.69) is 37.5 Å². The predicted octanol–water partition coefficient (Wildman–Crippen LogP) is 3.13. The lowest BCUT2D eigenvalue weighted by atomic mass is 10.3. The molecule has 0 aliphatic rings. The number of rotatable bonds is 3. The second-order valence-electron chi connectivity index (χ2n) is 2.99. The number of fused-ring (bicyclic) bond motifs is 1. The van der Waals surface area contributed by atoms with E-state index in [0.717, 1.165) is 23.1 Å². The van der Waals surface area contributed by atoms with Crippen LogP contribution in [-0.4, -0.2) is 14.7 Å². The molecule has 0 spiro atoms. The van der Waals surface area contributed by atoms with Crippen molar-refractivity contribution in [2.75, 3.05) is 5.33 Å². The first-order chi connectivity index (χ1) is 6.92. The van der Waals surface area contributed by atoms with E-state index in [1.807, 2.05) is 30.6 Å². The fourth-order valence-electron chi connectivity index (χ4n) is 1.34. The van der Waals surface area contributed by atoms with E-state index >= 15 is 0 Å². The van der Waals surface area contributed by atoms with Crippen molar-refractivity contribution in [1.29, 1.82) is 0 Å². The molecule has 2 rings (SSSR count). The van der Waals surface area contributed by atoms with Crippen molar-refractivity contribution in [3.63, 3.8) is 0 Å². The van der Waals surface area contributed by atoms with Crippen LogP contribution < -0.4 is 0 Å². The topological polar surface area (TPSA) is 17.3 Å². The first-order valence-electron chi connectivity index (χ1n) is 4.56. The largest absolute Gasteiger partial charge is 0.300 e. The van der Waals surface area contributed by atoms with Crippen molar-refractivity contribution in [2.24, 2.45) is 0 Å². The van der Waals surface area contributed by atoms with Crippen LogP contribution in [0.25, 0.3) is 11.7 Å². The first-order valence-corrected chi connectivity index (χ1v) is 5.68. The molecule has 72 valence electrons. The molecule has 0 aromatic carbocycles. The van der Waals surface area contributed by atoms with Gasteiger partial charge in [-0.05, 0) is 24.6 Å². The summed E-state index contributed by atoms with van der Waals surface area (Å²) in [6.45, 7) is 0. The van der Waals surface area contributed by atoms with Crippen molar-refractivity contribution >= 4 is 27.7 Å². The van der Waals surface area contributed by atoms with Gasteiger partial charge in [-0.1, -0.05) is 28.1 Å². The lowest BCUT2D eigenvalue weighted by Gasteiger charge is -1.94. The molecule has 0 bridgehead atoms. The fraction of sp³-hybridized carbons (Fsp3) is 0.182. The minimum Gasteiger partial charge on any atom is -0.300 e. The Balaban J connectivity index is 2.34. The molecule has 0 saturated carbocycles. The maximum atomic E-state index is 4.30. The van der Waals surface area contributed by atoms with Gasteiger partial charge >= 0.3 is 0 Å². The molecule has 0 radical (unpaired) electrons. The Kier molecular flexibility index (Phi) is 2.99. The van der Waals surface area contributed by atoms with E-state index in [-0.39, 0.29) is 0 Å². The molecular formula is C11H11BrN2. The van der Waals surface area contributed by atoms with Crippen LogP contribution in [0.5, 0.6) is 0 Å². The number of hydrogen-bond donors (Lipinski definition) is 0. The van der Waals surface area contributed by atoms with Crippen molar-refractivity contribution in [1.82, 2.24) is 9.38 Å². The normalized spacial score (nSPS) is 11.5. The quantitative estimate of drug-likeness (QED) is 0.766. The summed E-state index contributed by atoms with van der Waals surface area (Å²) in [5, 5.41) is 1.00. The van der Waals surface area contributed by atoms with Gasteiger partial charge in [-0.25, -0.2) is 4.98 Å². The second-order valence-corrected chi connectivity index (χ2v) is 3.78. The van der Waals surface area contributed by atoms with Crippen molar-refractivity contribution in [3.05, 3.63) is 42.4 Å². The van der Waals surface area contributed by atoms with Gasteiger partial charge in [-0.3, -0.25) is 0 Å². The highest BCUT2D eigenvalue weighted by molar-refractivity contribution is 9.09. The van der Waals surface area contributed by atoms with Crippen LogP contribution in [0.4, 0.5) is 0 Å². The van der Waals surface area contributed by atoms with E-state index in [0.29, 0.717) is 0 Å². The Morgan fingerprint density at radius 2 is 2.36 bits per heavy atom. The molecule has 0 N–H and O–H groups in total. The number of aromatic nitrogens is 2. The number of hydrogen-bond acceptors (Lipinski definition) is 1. The standard InChI is InChI=1S/C11H11BrN2/c12-7-3-1-5-10-9-13-11-6-2-4-8-14(10)11/h1-2,4-6,8-9H,3,7H2. The van der Waals surface area contributed by atoms with E-state index in [4.69, 9.17) is 0 Å². The van der Waals surface area contributed by atoms with Gasteiger partial charge in [0.15, 0.2) is 0 Å². The summed E-state index contributed by atoms with van der Waals surface area (Å²) in [6, 6.07) is 6.01. The molecule has 2 nitrogen and oxygen atoms in total. The molecule has 2 heterocycles. The summed E-state index contributed by atoms with van der Waals surface area (Å²) in [6.07, 6.45) is 9.20. The monoisotopic (exact) mass is 250 g/mol. The van der Waals surface area contributed by atoms with Gasteiger partial charge in [0.25, 0.3) is 0 Å². The summed E-state index contributed by atoms with van der Waals surface area (Å²) in [5.41, 5.74) is 2.12. The Hall–Kier alpha value is -1.09. The van der Waals surface area contributed by atoms with Gasteiger partial charge < -0.3 is 4.40 Å². The van der Waals surface area contributed by atoms with E-state index in [1.165, 1.54) is 0 Å². The van der Waals surface area contributed by atoms with Gasteiger partial charge in [0.05, 0.1) is 11.9 Å². The zero-order valence-electron chi connectivity index (χ0n) is 7.73. The number of pyridine rings is 1. The molecule has 0 amide bonds. The lowest BCUT2D eigenvalue weighted by molar-refractivity contribution is 1.16. The Morgan fingerprint density at radius 3 is 3.21 bits per heavy atom. The van der Waals surface area contributed by atoms with E-state index in [9.17, 15) is 0 Å². The SMILES string of the molecule is BrCCC=Cc1cnc2ccccn12. The smallest absolute Gasteiger partial charge is 0.137 e. The number of imidazole rings is 1. The average Bonchev–Trinajstić information content (AvgIpc) is 2.63. The zero-order valence-corrected chi connectivity index (χ0v) is 9.31. The third-order valence-corrected chi connectivity index (χ3v) is 2.47. The zero-order chi connectivity index (χ0) is 9.80. The molecule has 0 atom stereocenters. The molecule has 0 aliphatic heterocycles. The van der Waals surface area contributed by atoms with Crippen LogP contribution in [0.1, 0.15) is 12.1 Å². The van der Waals surface area contributed by atoms with E-state index < -0.39 is 0 Å². The summed E-state index contributed by atoms with van der Waals surface area (Å²) in [4.78, 5) is 4.30. The first kappa shape index (κ1) is 9.46. The average molecular weight is 251 g/mol. The van der Waals surface area contributed by atoms with Crippen LogP contribution in [-0.2, 0) is 0 Å². The van der Waals surface area contributed by atoms with Gasteiger partial charge in [-0.2, -0.15) is 0 Å². The molecule has 2 aromatic rings. The Bertz CT molecular complexity index is 445. The molecule has 0 saturated heterocycles. The van der Waals surface area contributed by atoms with Gasteiger partial charge in [-0.15, -0.1) is 0 Å². The molecule has 2 aromatic heterocycles. The number of allylic oxidation sites excluding steroid dienone is 1. The third-order valence-electron chi connectivity index (χ3n) is 2.01. The molecule has 0 fully saturated rings. The summed E-state index contributed by atoms with van der Waals surface area (Å²) in [7, 11) is 0. The highest BCUT2D eigenvalue weighted by Gasteiger charge is 1.96. The van der Waals surface area contributed by atoms with Gasteiger partial charge in [0.2, 0.25) is 0 Å². The van der Waals surface area contributed by atoms with E-state index in [1.54, 1.807) is 0 Å². The minimum absolute atomic E-state index is 0.992. The van der Waals surface area contributed by atoms with Gasteiger partial charge in [0, 0.05) is 11.5 Å². The minimum atomic E-state index is 0.992. The molecule has 0 unspecified atom stereocenters. The van der Waals surface area contributed by atoms with Gasteiger partial charge in [0.1, 0.15) is 5.65 Å². The lowest BCUT2D eigenvalue weighted by Crippen LogP contribution is -1.84. The second kappa shape index (κ2) is 4.42. The Labute approximate surface area is 91.4 Å². The summed E-state index contributed by atoms with van der Waals surface area (Å²) < 4.78 is 2.07. The number of nitrogens with zero attached hydrogens (tertiary/aromatic N) is 2. The fourth-order valence-corrected chi connectivity index (χ4v) is 1.61. The third kappa shape index (κ3) is 1.87.